The highest BCUT2D eigenvalue weighted by Gasteiger charge is 2.15. The third kappa shape index (κ3) is 3.73. The largest absolute Gasteiger partial charge is 0.378 e. The van der Waals surface area contributed by atoms with Crippen molar-refractivity contribution in [1.29, 1.82) is 0 Å². The smallest absolute Gasteiger partial charge is 0.163 e. The molecule has 0 radical (unpaired) electrons. The minimum atomic E-state index is 0.693. The summed E-state index contributed by atoms with van der Waals surface area (Å²) in [6, 6.07) is 1.93. The molecule has 4 nitrogen and oxygen atoms in total. The summed E-state index contributed by atoms with van der Waals surface area (Å²) in [6.45, 7) is 9.23. The van der Waals surface area contributed by atoms with Crippen molar-refractivity contribution in [3.63, 3.8) is 0 Å². The molecule has 0 bridgehead atoms. The maximum Gasteiger partial charge on any atom is 0.163 e. The highest BCUT2D eigenvalue weighted by atomic mass is 35.5. The fourth-order valence-electron chi connectivity index (χ4n) is 2.04. The molecule has 1 fully saturated rings. The Morgan fingerprint density at radius 1 is 1.29 bits per heavy atom. The number of nitrogens with zero attached hydrogens (tertiary/aromatic N) is 3. The number of morpholine rings is 1. The summed E-state index contributed by atoms with van der Waals surface area (Å²) in [5.74, 6) is 1.63. The molecule has 1 saturated heterocycles. The van der Waals surface area contributed by atoms with Crippen LogP contribution in [0.25, 0.3) is 11.4 Å². The molecule has 0 unspecified atom stereocenters. The summed E-state index contributed by atoms with van der Waals surface area (Å²) in [4.78, 5) is 12.3. The predicted molar refractivity (Wildman–Crippen MR) is 89.5 cm³/mol. The Morgan fingerprint density at radius 2 is 2.00 bits per heavy atom. The van der Waals surface area contributed by atoms with Crippen LogP contribution in [-0.4, -0.2) is 36.3 Å². The van der Waals surface area contributed by atoms with Crippen LogP contribution in [0.2, 0.25) is 5.02 Å². The molecule has 1 aliphatic rings. The molecular formula is C15H20ClN3OS. The Labute approximate surface area is 134 Å². The topological polar surface area (TPSA) is 38.2 Å². The van der Waals surface area contributed by atoms with E-state index in [1.807, 2.05) is 32.2 Å². The zero-order chi connectivity index (χ0) is 15.2. The molecule has 0 atom stereocenters. The molecule has 1 aliphatic heterocycles. The van der Waals surface area contributed by atoms with E-state index < -0.39 is 0 Å². The average molecular weight is 326 g/mol. The van der Waals surface area contributed by atoms with Gasteiger partial charge in [0.25, 0.3) is 0 Å². The lowest BCUT2D eigenvalue weighted by molar-refractivity contribution is 0.122. The van der Waals surface area contributed by atoms with Crippen molar-refractivity contribution in [1.82, 2.24) is 9.97 Å². The molecule has 0 aliphatic carbocycles. The number of aromatic nitrogens is 2. The number of rotatable bonds is 2. The van der Waals surface area contributed by atoms with Gasteiger partial charge >= 0.3 is 0 Å². The van der Waals surface area contributed by atoms with Crippen LogP contribution in [0.1, 0.15) is 18.7 Å². The van der Waals surface area contributed by atoms with Gasteiger partial charge in [0.2, 0.25) is 0 Å². The minimum Gasteiger partial charge on any atom is -0.378 e. The van der Waals surface area contributed by atoms with Crippen LogP contribution in [0.3, 0.4) is 0 Å². The fourth-order valence-corrected chi connectivity index (χ4v) is 3.11. The van der Waals surface area contributed by atoms with Crippen LogP contribution in [0.5, 0.6) is 0 Å². The maximum atomic E-state index is 6.28. The monoisotopic (exact) mass is 325 g/mol. The normalized spacial score (nSPS) is 14.6. The maximum absolute atomic E-state index is 6.28. The van der Waals surface area contributed by atoms with Crippen LogP contribution in [0.4, 0.5) is 5.82 Å². The fraction of sp³-hybridized carbons (Fsp3) is 0.467. The molecule has 0 N–H and O–H groups in total. The van der Waals surface area contributed by atoms with Gasteiger partial charge in [-0.2, -0.15) is 0 Å². The van der Waals surface area contributed by atoms with Crippen molar-refractivity contribution in [2.45, 2.75) is 20.8 Å². The van der Waals surface area contributed by atoms with Gasteiger partial charge in [-0.1, -0.05) is 25.4 Å². The van der Waals surface area contributed by atoms with Crippen molar-refractivity contribution in [2.75, 3.05) is 31.2 Å². The quantitative estimate of drug-likeness (QED) is 0.835. The van der Waals surface area contributed by atoms with Crippen LogP contribution >= 0.6 is 22.9 Å². The van der Waals surface area contributed by atoms with E-state index >= 15 is 0 Å². The zero-order valence-corrected chi connectivity index (χ0v) is 14.2. The second-order valence-electron chi connectivity index (χ2n) is 4.36. The van der Waals surface area contributed by atoms with Gasteiger partial charge in [-0.15, -0.1) is 11.3 Å². The highest BCUT2D eigenvalue weighted by molar-refractivity contribution is 7.11. The van der Waals surface area contributed by atoms with E-state index in [-0.39, 0.29) is 0 Å². The van der Waals surface area contributed by atoms with E-state index in [4.69, 9.17) is 16.3 Å². The van der Waals surface area contributed by atoms with Crippen molar-refractivity contribution in [3.05, 3.63) is 27.5 Å². The van der Waals surface area contributed by atoms with Crippen molar-refractivity contribution < 1.29 is 4.74 Å². The van der Waals surface area contributed by atoms with E-state index in [2.05, 4.69) is 14.9 Å². The number of halogens is 1. The zero-order valence-electron chi connectivity index (χ0n) is 12.6. The number of thiophene rings is 1. The second-order valence-corrected chi connectivity index (χ2v) is 5.82. The molecule has 3 rings (SSSR count). The Morgan fingerprint density at radius 3 is 2.62 bits per heavy atom. The number of hydrogen-bond donors (Lipinski definition) is 0. The van der Waals surface area contributed by atoms with Gasteiger partial charge in [0, 0.05) is 35.1 Å². The van der Waals surface area contributed by atoms with Gasteiger partial charge in [-0.25, -0.2) is 9.97 Å². The van der Waals surface area contributed by atoms with Gasteiger partial charge in [0.1, 0.15) is 5.82 Å². The number of anilines is 1. The summed E-state index contributed by atoms with van der Waals surface area (Å²) >= 11 is 7.90. The van der Waals surface area contributed by atoms with Gasteiger partial charge in [-0.3, -0.25) is 0 Å². The highest BCUT2D eigenvalue weighted by Crippen LogP contribution is 2.33. The van der Waals surface area contributed by atoms with Gasteiger partial charge in [-0.05, 0) is 13.0 Å². The van der Waals surface area contributed by atoms with Crippen LogP contribution in [0, 0.1) is 6.92 Å². The van der Waals surface area contributed by atoms with Gasteiger partial charge < -0.3 is 9.64 Å². The summed E-state index contributed by atoms with van der Waals surface area (Å²) in [7, 11) is 0. The lowest BCUT2D eigenvalue weighted by Gasteiger charge is -2.27. The van der Waals surface area contributed by atoms with Crippen molar-refractivity contribution >= 4 is 28.8 Å². The first-order chi connectivity index (χ1) is 10.3. The molecule has 0 amide bonds. The molecule has 0 spiro atoms. The Kier molecular flexibility index (Phi) is 5.96. The van der Waals surface area contributed by atoms with Crippen molar-refractivity contribution in [3.8, 4) is 11.4 Å². The summed E-state index contributed by atoms with van der Waals surface area (Å²) in [6.07, 6.45) is 1.79. The minimum absolute atomic E-state index is 0.693. The van der Waals surface area contributed by atoms with E-state index in [9.17, 15) is 0 Å². The molecule has 2 aromatic rings. The second kappa shape index (κ2) is 7.73. The molecule has 0 saturated carbocycles. The van der Waals surface area contributed by atoms with E-state index in [0.29, 0.717) is 5.82 Å². The third-order valence-corrected chi connectivity index (χ3v) is 4.63. The third-order valence-electron chi connectivity index (χ3n) is 3.12. The number of ether oxygens (including phenoxy) is 1. The summed E-state index contributed by atoms with van der Waals surface area (Å²) in [5, 5.41) is 2.76. The Bertz CT molecular complexity index is 582. The molecule has 0 aromatic carbocycles. The van der Waals surface area contributed by atoms with Crippen LogP contribution < -0.4 is 4.90 Å². The Hall–Kier alpha value is -1.17. The summed E-state index contributed by atoms with van der Waals surface area (Å²) < 4.78 is 5.35. The van der Waals surface area contributed by atoms with E-state index in [1.165, 1.54) is 0 Å². The predicted octanol–water partition coefficient (Wildman–Crippen LogP) is 4.03. The molecule has 2 aromatic heterocycles. The van der Waals surface area contributed by atoms with Gasteiger partial charge in [0.05, 0.1) is 18.2 Å². The molecule has 6 heteroatoms. The molecule has 3 heterocycles. The first-order valence-electron chi connectivity index (χ1n) is 7.15. The molecule has 114 valence electrons. The number of hydrogen-bond acceptors (Lipinski definition) is 5. The first kappa shape index (κ1) is 16.2. The molecular weight excluding hydrogens is 306 g/mol. The van der Waals surface area contributed by atoms with Crippen LogP contribution in [-0.2, 0) is 4.74 Å². The standard InChI is InChI=1S/C13H14ClN3OS.C2H6/c1-9-12(14)10(8-19-9)13-15-3-2-11(16-13)17-4-6-18-7-5-17;1-2/h2-3,8H,4-7H2,1H3;1-2H3. The van der Waals surface area contributed by atoms with E-state index in [0.717, 1.165) is 47.6 Å². The summed E-state index contributed by atoms with van der Waals surface area (Å²) in [5.41, 5.74) is 0.916. The lowest BCUT2D eigenvalue weighted by atomic mass is 10.3. The molecule has 21 heavy (non-hydrogen) atoms. The van der Waals surface area contributed by atoms with Gasteiger partial charge in [0.15, 0.2) is 5.82 Å². The van der Waals surface area contributed by atoms with Crippen LogP contribution in [0.15, 0.2) is 17.6 Å². The number of aryl methyl sites for hydroxylation is 1. The van der Waals surface area contributed by atoms with E-state index in [1.54, 1.807) is 17.5 Å². The SMILES string of the molecule is CC.Cc1scc(-c2nccc(N3CCOCC3)n2)c1Cl. The average Bonchev–Trinajstić information content (AvgIpc) is 2.90. The van der Waals surface area contributed by atoms with Crippen molar-refractivity contribution in [2.24, 2.45) is 0 Å². The Balaban J connectivity index is 0.000000774. The first-order valence-corrected chi connectivity index (χ1v) is 8.41. The lowest BCUT2D eigenvalue weighted by Crippen LogP contribution is -2.36.